The summed E-state index contributed by atoms with van der Waals surface area (Å²) in [6, 6.07) is 3.96. The van der Waals surface area contributed by atoms with Gasteiger partial charge in [-0.15, -0.1) is 0 Å². The summed E-state index contributed by atoms with van der Waals surface area (Å²) in [5.41, 5.74) is -0.699. The van der Waals surface area contributed by atoms with Gasteiger partial charge in [-0.3, -0.25) is 4.79 Å². The number of aliphatic hydroxyl groups excluding tert-OH is 1. The number of carbonyl (C=O) groups is 1. The van der Waals surface area contributed by atoms with E-state index in [9.17, 15) is 23.4 Å². The van der Waals surface area contributed by atoms with E-state index in [0.717, 1.165) is 12.8 Å². The molecule has 0 unspecified atom stereocenters. The number of nitrogens with zero attached hydrogens (tertiary/aromatic N) is 2. The molecule has 33 heavy (non-hydrogen) atoms. The normalized spacial score (nSPS) is 23.7. The minimum Gasteiger partial charge on any atom is -0.487 e. The lowest BCUT2D eigenvalue weighted by molar-refractivity contribution is -0.132. The number of sulfonamides is 1. The third-order valence-corrected chi connectivity index (χ3v) is 7.96. The van der Waals surface area contributed by atoms with E-state index in [1.54, 1.807) is 44.9 Å². The Hall–Kier alpha value is -2.12. The number of ether oxygens (including phenoxy) is 1. The third-order valence-electron chi connectivity index (χ3n) is 5.94. The Balaban J connectivity index is 2.04. The average molecular weight is 479 g/mol. The van der Waals surface area contributed by atoms with Crippen LogP contribution in [0.5, 0.6) is 5.75 Å². The Morgan fingerprint density at radius 2 is 2.03 bits per heavy atom. The highest BCUT2D eigenvalue weighted by Gasteiger charge is 2.39. The summed E-state index contributed by atoms with van der Waals surface area (Å²) in [5.74, 6) is 5.63. The van der Waals surface area contributed by atoms with Gasteiger partial charge in [-0.1, -0.05) is 18.8 Å². The second-order valence-corrected chi connectivity index (χ2v) is 11.6. The minimum absolute atomic E-state index is 0.00955. The zero-order valence-electron chi connectivity index (χ0n) is 19.9. The van der Waals surface area contributed by atoms with Gasteiger partial charge in [-0.2, -0.15) is 4.31 Å². The van der Waals surface area contributed by atoms with E-state index in [1.165, 1.54) is 10.4 Å². The lowest BCUT2D eigenvalue weighted by Crippen LogP contribution is -2.50. The fraction of sp³-hybridized carbons (Fsp3) is 0.625. The van der Waals surface area contributed by atoms with E-state index in [1.807, 2.05) is 6.92 Å². The van der Waals surface area contributed by atoms with Crippen LogP contribution >= 0.6 is 0 Å². The fourth-order valence-corrected chi connectivity index (χ4v) is 5.57. The van der Waals surface area contributed by atoms with Gasteiger partial charge in [-0.25, -0.2) is 8.42 Å². The molecule has 8 nitrogen and oxygen atoms in total. The lowest BCUT2D eigenvalue weighted by atomic mass is 10.0. The van der Waals surface area contributed by atoms with Crippen molar-refractivity contribution in [2.45, 2.75) is 63.2 Å². The predicted molar refractivity (Wildman–Crippen MR) is 124 cm³/mol. The van der Waals surface area contributed by atoms with Crippen molar-refractivity contribution in [2.75, 3.05) is 26.7 Å². The van der Waals surface area contributed by atoms with Crippen LogP contribution in [0.25, 0.3) is 0 Å². The van der Waals surface area contributed by atoms with Gasteiger partial charge in [-0.05, 0) is 51.8 Å². The van der Waals surface area contributed by atoms with Crippen LogP contribution in [-0.2, 0) is 14.8 Å². The van der Waals surface area contributed by atoms with Gasteiger partial charge in [0.2, 0.25) is 15.9 Å². The Morgan fingerprint density at radius 3 is 2.61 bits per heavy atom. The van der Waals surface area contributed by atoms with Crippen molar-refractivity contribution in [3.63, 3.8) is 0 Å². The van der Waals surface area contributed by atoms with Crippen molar-refractivity contribution in [3.8, 4) is 17.6 Å². The Kier molecular flexibility index (Phi) is 7.44. The molecule has 2 aliphatic rings. The molecule has 2 N–H and O–H groups in total. The molecular weight excluding hydrogens is 444 g/mol. The van der Waals surface area contributed by atoms with E-state index in [-0.39, 0.29) is 41.5 Å². The van der Waals surface area contributed by atoms with Crippen LogP contribution in [0, 0.1) is 23.7 Å². The Labute approximate surface area is 196 Å². The van der Waals surface area contributed by atoms with Crippen molar-refractivity contribution in [1.82, 2.24) is 9.21 Å². The maximum Gasteiger partial charge on any atom is 0.247 e. The van der Waals surface area contributed by atoms with E-state index < -0.39 is 27.8 Å². The molecule has 1 aliphatic heterocycles. The summed E-state index contributed by atoms with van der Waals surface area (Å²) < 4.78 is 34.5. The molecule has 0 radical (unpaired) electrons. The summed E-state index contributed by atoms with van der Waals surface area (Å²) in [4.78, 5) is 14.2. The summed E-state index contributed by atoms with van der Waals surface area (Å²) in [6.45, 7) is 6.82. The van der Waals surface area contributed by atoms with Gasteiger partial charge in [0.1, 0.15) is 22.4 Å². The molecule has 182 valence electrons. The van der Waals surface area contributed by atoms with Gasteiger partial charge >= 0.3 is 0 Å². The second kappa shape index (κ2) is 9.63. The van der Waals surface area contributed by atoms with E-state index in [2.05, 4.69) is 11.8 Å². The van der Waals surface area contributed by atoms with Crippen molar-refractivity contribution in [3.05, 3.63) is 23.8 Å². The number of hydrogen-bond acceptors (Lipinski definition) is 6. The Bertz CT molecular complexity index is 1050. The van der Waals surface area contributed by atoms with Gasteiger partial charge in [0.15, 0.2) is 0 Å². The molecular formula is C24H34N2O6S. The molecule has 0 saturated heterocycles. The third kappa shape index (κ3) is 6.07. The standard InChI is InChI=1S/C24H34N2O6S/c1-16-13-26(17(2)15-27)33(30,31)22-9-6-18(10-11-24(3,4)29)12-20(22)32-21(16)14-25(5)23(28)19-7-8-19/h6,9,12,16-17,19,21,27,29H,7-8,13-15H2,1-5H3/t16-,17+,21-/m1/s1. The van der Waals surface area contributed by atoms with Crippen molar-refractivity contribution in [2.24, 2.45) is 11.8 Å². The van der Waals surface area contributed by atoms with Crippen LogP contribution < -0.4 is 4.74 Å². The van der Waals surface area contributed by atoms with Gasteiger partial charge in [0.25, 0.3) is 0 Å². The van der Waals surface area contributed by atoms with Crippen LogP contribution in [-0.4, -0.2) is 78.2 Å². The number of likely N-dealkylation sites (N-methyl/N-ethyl adjacent to an activating group) is 1. The molecule has 3 atom stereocenters. The number of rotatable bonds is 5. The first kappa shape index (κ1) is 25.5. The minimum atomic E-state index is -3.95. The second-order valence-electron chi connectivity index (χ2n) is 9.70. The van der Waals surface area contributed by atoms with Gasteiger partial charge in [0.05, 0.1) is 13.2 Å². The SMILES string of the molecule is C[C@@H]1CN([C@@H](C)CO)S(=O)(=O)c2ccc(C#CC(C)(C)O)cc2O[C@@H]1CN(C)C(=O)C1CC1. The molecule has 1 aromatic carbocycles. The van der Waals surface area contributed by atoms with E-state index in [0.29, 0.717) is 12.1 Å². The summed E-state index contributed by atoms with van der Waals surface area (Å²) in [7, 11) is -2.21. The van der Waals surface area contributed by atoms with Crippen LogP contribution in [0.1, 0.15) is 46.1 Å². The smallest absolute Gasteiger partial charge is 0.247 e. The first-order valence-electron chi connectivity index (χ1n) is 11.3. The van der Waals surface area contributed by atoms with Crippen LogP contribution in [0.4, 0.5) is 0 Å². The molecule has 1 aromatic rings. The summed E-state index contributed by atoms with van der Waals surface area (Å²) in [5, 5.41) is 19.6. The maximum atomic E-state index is 13.5. The largest absolute Gasteiger partial charge is 0.487 e. The zero-order valence-corrected chi connectivity index (χ0v) is 20.7. The van der Waals surface area contributed by atoms with Gasteiger partial charge < -0.3 is 19.8 Å². The molecule has 1 amide bonds. The monoisotopic (exact) mass is 478 g/mol. The molecule has 1 aliphatic carbocycles. The molecule has 3 rings (SSSR count). The number of fused-ring (bicyclic) bond motifs is 1. The fourth-order valence-electron chi connectivity index (χ4n) is 3.75. The highest BCUT2D eigenvalue weighted by atomic mass is 32.2. The summed E-state index contributed by atoms with van der Waals surface area (Å²) in [6.07, 6.45) is 1.34. The molecule has 1 saturated carbocycles. The highest BCUT2D eigenvalue weighted by molar-refractivity contribution is 7.89. The first-order valence-corrected chi connectivity index (χ1v) is 12.7. The zero-order chi connectivity index (χ0) is 24.6. The van der Waals surface area contributed by atoms with Crippen LogP contribution in [0.2, 0.25) is 0 Å². The van der Waals surface area contributed by atoms with Crippen molar-refractivity contribution in [1.29, 1.82) is 0 Å². The molecule has 0 spiro atoms. The average Bonchev–Trinajstić information content (AvgIpc) is 3.58. The molecule has 0 bridgehead atoms. The lowest BCUT2D eigenvalue weighted by Gasteiger charge is -2.37. The first-order chi connectivity index (χ1) is 15.3. The maximum absolute atomic E-state index is 13.5. The summed E-state index contributed by atoms with van der Waals surface area (Å²) >= 11 is 0. The Morgan fingerprint density at radius 1 is 1.36 bits per heavy atom. The van der Waals surface area contributed by atoms with Crippen LogP contribution in [0.15, 0.2) is 23.1 Å². The molecule has 1 fully saturated rings. The number of amides is 1. The molecule has 9 heteroatoms. The number of carbonyl (C=O) groups excluding carboxylic acids is 1. The number of aliphatic hydroxyl groups is 2. The number of benzene rings is 1. The number of hydrogen-bond donors (Lipinski definition) is 2. The molecule has 1 heterocycles. The predicted octanol–water partition coefficient (Wildman–Crippen LogP) is 1.45. The van der Waals surface area contributed by atoms with Crippen molar-refractivity contribution >= 4 is 15.9 Å². The van der Waals surface area contributed by atoms with Gasteiger partial charge in [0, 0.05) is 37.0 Å². The van der Waals surface area contributed by atoms with E-state index in [4.69, 9.17) is 4.74 Å². The topological polar surface area (TPSA) is 107 Å². The molecule has 0 aromatic heterocycles. The van der Waals surface area contributed by atoms with E-state index >= 15 is 0 Å². The highest BCUT2D eigenvalue weighted by Crippen LogP contribution is 2.35. The van der Waals surface area contributed by atoms with Crippen LogP contribution in [0.3, 0.4) is 0 Å². The quantitative estimate of drug-likeness (QED) is 0.621. The van der Waals surface area contributed by atoms with Crippen molar-refractivity contribution < 1.29 is 28.2 Å².